The molecule has 1 aromatic heterocycles. The average molecular weight is 514 g/mol. The average Bonchev–Trinajstić information content (AvgIpc) is 3.07. The van der Waals surface area contributed by atoms with E-state index in [0.717, 1.165) is 28.4 Å². The van der Waals surface area contributed by atoms with Gasteiger partial charge in [-0.3, -0.25) is 19.8 Å². The fourth-order valence-corrected chi connectivity index (χ4v) is 4.43. The summed E-state index contributed by atoms with van der Waals surface area (Å²) < 4.78 is 7.57. The Bertz CT molecular complexity index is 1350. The molecule has 4 rings (SSSR count). The smallest absolute Gasteiger partial charge is 0.270 e. The van der Waals surface area contributed by atoms with Gasteiger partial charge >= 0.3 is 0 Å². The molecule has 0 radical (unpaired) electrons. The molecule has 6 nitrogen and oxygen atoms in total. The number of nitrogens with zero attached hydrogens (tertiary/aromatic N) is 2. The van der Waals surface area contributed by atoms with Crippen molar-refractivity contribution in [3.05, 3.63) is 81.1 Å². The van der Waals surface area contributed by atoms with Crippen LogP contribution in [0.25, 0.3) is 11.8 Å². The number of carbonyl (C=O) groups is 2. The molecule has 0 unspecified atom stereocenters. The van der Waals surface area contributed by atoms with Crippen LogP contribution in [0.4, 0.5) is 5.69 Å². The molecule has 174 valence electrons. The Morgan fingerprint density at radius 3 is 2.32 bits per heavy atom. The summed E-state index contributed by atoms with van der Waals surface area (Å²) in [6, 6.07) is 14.4. The van der Waals surface area contributed by atoms with E-state index in [9.17, 15) is 9.59 Å². The molecule has 0 atom stereocenters. The highest BCUT2D eigenvalue weighted by molar-refractivity contribution is 7.80. The number of amides is 2. The monoisotopic (exact) mass is 513 g/mol. The van der Waals surface area contributed by atoms with Crippen molar-refractivity contribution in [2.75, 3.05) is 11.5 Å². The van der Waals surface area contributed by atoms with E-state index in [0.29, 0.717) is 17.3 Å². The summed E-state index contributed by atoms with van der Waals surface area (Å²) >= 11 is 17.4. The minimum atomic E-state index is -0.558. The zero-order valence-electron chi connectivity index (χ0n) is 18.7. The van der Waals surface area contributed by atoms with Gasteiger partial charge in [0.05, 0.1) is 22.3 Å². The van der Waals surface area contributed by atoms with Gasteiger partial charge in [0.2, 0.25) is 0 Å². The largest absolute Gasteiger partial charge is 0.494 e. The molecule has 0 aliphatic carbocycles. The first-order valence-corrected chi connectivity index (χ1v) is 11.7. The molecule has 2 amide bonds. The van der Waals surface area contributed by atoms with Crippen molar-refractivity contribution in [2.45, 2.75) is 20.8 Å². The van der Waals surface area contributed by atoms with E-state index in [4.69, 9.17) is 40.2 Å². The molecule has 1 N–H and O–H groups in total. The summed E-state index contributed by atoms with van der Waals surface area (Å²) in [5, 5.41) is 3.19. The van der Waals surface area contributed by atoms with E-state index in [1.807, 2.05) is 51.1 Å². The van der Waals surface area contributed by atoms with E-state index in [-0.39, 0.29) is 15.7 Å². The minimum absolute atomic E-state index is 0.0228. The number of anilines is 1. The molecular formula is C25H21Cl2N3O3S. The Kier molecular flexibility index (Phi) is 6.79. The van der Waals surface area contributed by atoms with Crippen LogP contribution in [0.2, 0.25) is 10.0 Å². The fourth-order valence-electron chi connectivity index (χ4n) is 3.86. The molecule has 9 heteroatoms. The molecule has 1 saturated heterocycles. The van der Waals surface area contributed by atoms with Crippen LogP contribution < -0.4 is 15.0 Å². The third kappa shape index (κ3) is 4.46. The Morgan fingerprint density at radius 1 is 1.00 bits per heavy atom. The minimum Gasteiger partial charge on any atom is -0.494 e. The van der Waals surface area contributed by atoms with Crippen LogP contribution in [0, 0.1) is 13.8 Å². The van der Waals surface area contributed by atoms with E-state index in [1.54, 1.807) is 18.2 Å². The summed E-state index contributed by atoms with van der Waals surface area (Å²) in [4.78, 5) is 27.3. The first kappa shape index (κ1) is 24.0. The predicted molar refractivity (Wildman–Crippen MR) is 139 cm³/mol. The van der Waals surface area contributed by atoms with E-state index < -0.39 is 11.8 Å². The number of nitrogens with one attached hydrogen (secondary N) is 1. The number of hydrogen-bond acceptors (Lipinski definition) is 4. The molecule has 1 fully saturated rings. The molecule has 2 aromatic carbocycles. The summed E-state index contributed by atoms with van der Waals surface area (Å²) in [6.45, 7) is 6.43. The molecule has 0 spiro atoms. The summed E-state index contributed by atoms with van der Waals surface area (Å²) in [6.07, 6.45) is 1.58. The van der Waals surface area contributed by atoms with Gasteiger partial charge in [-0.2, -0.15) is 0 Å². The van der Waals surface area contributed by atoms with Crippen molar-refractivity contribution in [3.8, 4) is 11.4 Å². The molecule has 0 bridgehead atoms. The maximum Gasteiger partial charge on any atom is 0.270 e. The van der Waals surface area contributed by atoms with Gasteiger partial charge in [-0.05, 0) is 93.2 Å². The van der Waals surface area contributed by atoms with Gasteiger partial charge in [0.15, 0.2) is 5.11 Å². The highest BCUT2D eigenvalue weighted by Gasteiger charge is 2.35. The quantitative estimate of drug-likeness (QED) is 0.272. The zero-order chi connectivity index (χ0) is 24.6. The van der Waals surface area contributed by atoms with Gasteiger partial charge in [0.25, 0.3) is 11.8 Å². The lowest BCUT2D eigenvalue weighted by Gasteiger charge is -2.29. The maximum atomic E-state index is 13.3. The normalized spacial score (nSPS) is 15.1. The Hall–Kier alpha value is -3.13. The SMILES string of the molecule is CCOc1ccc(-n2c(C)cc(/C=C3\C(=O)NC(=S)N(c4ccc(Cl)c(Cl)c4)C3=O)c2C)cc1. The second kappa shape index (κ2) is 9.62. The Morgan fingerprint density at radius 2 is 1.68 bits per heavy atom. The van der Waals surface area contributed by atoms with E-state index >= 15 is 0 Å². The number of halogens is 2. The van der Waals surface area contributed by atoms with Gasteiger partial charge in [-0.1, -0.05) is 23.2 Å². The third-order valence-electron chi connectivity index (χ3n) is 5.44. The van der Waals surface area contributed by atoms with Crippen molar-refractivity contribution in [1.82, 2.24) is 9.88 Å². The maximum absolute atomic E-state index is 13.3. The summed E-state index contributed by atoms with van der Waals surface area (Å²) in [5.74, 6) is -0.311. The first-order valence-electron chi connectivity index (χ1n) is 10.5. The third-order valence-corrected chi connectivity index (χ3v) is 6.46. The van der Waals surface area contributed by atoms with Gasteiger partial charge < -0.3 is 9.30 Å². The number of ether oxygens (including phenoxy) is 1. The number of aryl methyl sites for hydroxylation is 1. The topological polar surface area (TPSA) is 63.6 Å². The van der Waals surface area contributed by atoms with Crippen LogP contribution in [-0.2, 0) is 9.59 Å². The Balaban J connectivity index is 1.72. The molecule has 1 aliphatic rings. The van der Waals surface area contributed by atoms with Crippen LogP contribution >= 0.6 is 35.4 Å². The molecular weight excluding hydrogens is 493 g/mol. The zero-order valence-corrected chi connectivity index (χ0v) is 21.0. The van der Waals surface area contributed by atoms with Crippen LogP contribution in [0.5, 0.6) is 5.75 Å². The van der Waals surface area contributed by atoms with Crippen molar-refractivity contribution in [3.63, 3.8) is 0 Å². The number of hydrogen-bond donors (Lipinski definition) is 1. The predicted octanol–water partition coefficient (Wildman–Crippen LogP) is 5.63. The van der Waals surface area contributed by atoms with Gasteiger partial charge in [0, 0.05) is 17.1 Å². The fraction of sp³-hybridized carbons (Fsp3) is 0.160. The second-order valence-corrected chi connectivity index (χ2v) is 8.85. The molecule has 0 saturated carbocycles. The van der Waals surface area contributed by atoms with Gasteiger partial charge in [0.1, 0.15) is 11.3 Å². The lowest BCUT2D eigenvalue weighted by Crippen LogP contribution is -2.54. The number of rotatable bonds is 5. The molecule has 2 heterocycles. The van der Waals surface area contributed by atoms with Crippen LogP contribution in [0.3, 0.4) is 0 Å². The lowest BCUT2D eigenvalue weighted by atomic mass is 10.1. The lowest BCUT2D eigenvalue weighted by molar-refractivity contribution is -0.122. The van der Waals surface area contributed by atoms with Crippen molar-refractivity contribution >= 4 is 64.1 Å². The van der Waals surface area contributed by atoms with E-state index in [1.165, 1.54) is 11.0 Å². The number of aromatic nitrogens is 1. The van der Waals surface area contributed by atoms with Crippen LogP contribution in [-0.4, -0.2) is 28.1 Å². The molecule has 1 aliphatic heterocycles. The number of benzene rings is 2. The molecule has 3 aromatic rings. The van der Waals surface area contributed by atoms with Crippen molar-refractivity contribution in [2.24, 2.45) is 0 Å². The van der Waals surface area contributed by atoms with Gasteiger partial charge in [-0.15, -0.1) is 0 Å². The van der Waals surface area contributed by atoms with E-state index in [2.05, 4.69) is 9.88 Å². The van der Waals surface area contributed by atoms with Crippen molar-refractivity contribution < 1.29 is 14.3 Å². The van der Waals surface area contributed by atoms with Crippen LogP contribution in [0.15, 0.2) is 54.1 Å². The second-order valence-electron chi connectivity index (χ2n) is 7.65. The first-order chi connectivity index (χ1) is 16.2. The molecule has 34 heavy (non-hydrogen) atoms. The number of carbonyl (C=O) groups excluding carboxylic acids is 2. The standard InChI is InChI=1S/C25H21Cl2N3O3S/c1-4-33-19-8-5-17(6-9-19)29-14(2)11-16(15(29)3)12-20-23(31)28-25(34)30(24(20)32)18-7-10-21(26)22(27)13-18/h5-13H,4H2,1-3H3,(H,28,31,34)/b20-12+. The summed E-state index contributed by atoms with van der Waals surface area (Å²) in [5.41, 5.74) is 3.90. The van der Waals surface area contributed by atoms with Gasteiger partial charge in [-0.25, -0.2) is 0 Å². The van der Waals surface area contributed by atoms with Crippen LogP contribution in [0.1, 0.15) is 23.9 Å². The Labute approximate surface area is 212 Å². The highest BCUT2D eigenvalue weighted by atomic mass is 35.5. The summed E-state index contributed by atoms with van der Waals surface area (Å²) in [7, 11) is 0. The van der Waals surface area contributed by atoms with Crippen molar-refractivity contribution in [1.29, 1.82) is 0 Å². The number of thiocarbonyl (C=S) groups is 1. The highest BCUT2D eigenvalue weighted by Crippen LogP contribution is 2.30.